The second kappa shape index (κ2) is 11.1. The molecule has 146 valence electrons. The van der Waals surface area contributed by atoms with Crippen molar-refractivity contribution in [3.05, 3.63) is 59.9 Å². The van der Waals surface area contributed by atoms with Crippen LogP contribution in [0, 0.1) is 5.92 Å². The van der Waals surface area contributed by atoms with Gasteiger partial charge in [-0.05, 0) is 69.9 Å². The normalized spacial score (nSPS) is 15.7. The largest absolute Gasteiger partial charge is 0.489 e. The van der Waals surface area contributed by atoms with E-state index in [1.54, 1.807) is 6.20 Å². The Morgan fingerprint density at radius 1 is 1.11 bits per heavy atom. The summed E-state index contributed by atoms with van der Waals surface area (Å²) < 4.78 is 6.00. The number of unbranched alkanes of at least 4 members (excludes halogenated alkanes) is 1. The second-order valence-corrected chi connectivity index (χ2v) is 7.67. The number of piperidine rings is 1. The molecular weight excluding hydrogens is 334 g/mol. The maximum atomic E-state index is 6.00. The zero-order chi connectivity index (χ0) is 18.7. The van der Waals surface area contributed by atoms with Gasteiger partial charge in [0.25, 0.3) is 0 Å². The van der Waals surface area contributed by atoms with Crippen LogP contribution in [0.1, 0.15) is 43.7 Å². The molecule has 2 aromatic rings. The molecule has 0 amide bonds. The molecular formula is C23H33N3O. The summed E-state index contributed by atoms with van der Waals surface area (Å²) in [6, 6.07) is 12.3. The number of nitrogens with zero attached hydrogens (tertiary/aromatic N) is 2. The van der Waals surface area contributed by atoms with E-state index in [0.29, 0.717) is 6.61 Å². The van der Waals surface area contributed by atoms with Crippen molar-refractivity contribution < 1.29 is 4.74 Å². The Bertz CT molecular complexity index is 654. The fraction of sp³-hybridized carbons (Fsp3) is 0.522. The van der Waals surface area contributed by atoms with E-state index in [0.717, 1.165) is 30.3 Å². The molecule has 27 heavy (non-hydrogen) atoms. The first-order chi connectivity index (χ1) is 13.3. The number of nitrogens with one attached hydrogen (secondary N) is 1. The summed E-state index contributed by atoms with van der Waals surface area (Å²) in [5.74, 6) is 1.87. The molecule has 4 nitrogen and oxygen atoms in total. The summed E-state index contributed by atoms with van der Waals surface area (Å²) >= 11 is 0. The van der Waals surface area contributed by atoms with E-state index >= 15 is 0 Å². The summed E-state index contributed by atoms with van der Waals surface area (Å²) in [7, 11) is 0. The molecule has 0 unspecified atom stereocenters. The summed E-state index contributed by atoms with van der Waals surface area (Å²) in [5, 5.41) is 3.57. The van der Waals surface area contributed by atoms with E-state index in [1.165, 1.54) is 50.9 Å². The second-order valence-electron chi connectivity index (χ2n) is 7.67. The lowest BCUT2D eigenvalue weighted by molar-refractivity contribution is 0.189. The Hall–Kier alpha value is -1.91. The molecule has 1 aliphatic heterocycles. The third kappa shape index (κ3) is 6.96. The van der Waals surface area contributed by atoms with E-state index in [2.05, 4.69) is 34.3 Å². The third-order valence-electron chi connectivity index (χ3n) is 5.36. The molecule has 0 aliphatic carbocycles. The van der Waals surface area contributed by atoms with Crippen LogP contribution in [0.25, 0.3) is 0 Å². The molecule has 4 heteroatoms. The fourth-order valence-corrected chi connectivity index (χ4v) is 3.53. The summed E-state index contributed by atoms with van der Waals surface area (Å²) in [6.07, 6.45) is 8.88. The molecule has 1 fully saturated rings. The zero-order valence-electron chi connectivity index (χ0n) is 16.6. The highest BCUT2D eigenvalue weighted by molar-refractivity contribution is 5.33. The number of rotatable bonds is 10. The van der Waals surface area contributed by atoms with Crippen molar-refractivity contribution in [2.24, 2.45) is 5.92 Å². The number of para-hydroxylation sites is 1. The van der Waals surface area contributed by atoms with Gasteiger partial charge in [-0.2, -0.15) is 0 Å². The number of pyridine rings is 1. The van der Waals surface area contributed by atoms with Gasteiger partial charge in [0.15, 0.2) is 0 Å². The number of ether oxygens (including phenoxy) is 1. The van der Waals surface area contributed by atoms with Gasteiger partial charge in [0, 0.05) is 30.1 Å². The first-order valence-corrected chi connectivity index (χ1v) is 10.3. The molecule has 0 saturated carbocycles. The van der Waals surface area contributed by atoms with Crippen LogP contribution < -0.4 is 10.1 Å². The lowest BCUT2D eigenvalue weighted by atomic mass is 9.99. The molecule has 2 heterocycles. The third-order valence-corrected chi connectivity index (χ3v) is 5.36. The van der Waals surface area contributed by atoms with Crippen LogP contribution in [0.3, 0.4) is 0 Å². The smallest absolute Gasteiger partial charge is 0.124 e. The fourth-order valence-electron chi connectivity index (χ4n) is 3.53. The number of benzene rings is 1. The highest BCUT2D eigenvalue weighted by Crippen LogP contribution is 2.19. The van der Waals surface area contributed by atoms with Gasteiger partial charge in [-0.25, -0.2) is 0 Å². The van der Waals surface area contributed by atoms with Gasteiger partial charge in [-0.15, -0.1) is 0 Å². The Morgan fingerprint density at radius 2 is 1.96 bits per heavy atom. The van der Waals surface area contributed by atoms with Crippen LogP contribution in [0.5, 0.6) is 5.75 Å². The van der Waals surface area contributed by atoms with Gasteiger partial charge in [-0.3, -0.25) is 4.98 Å². The Morgan fingerprint density at radius 3 is 2.78 bits per heavy atom. The molecule has 3 rings (SSSR count). The monoisotopic (exact) mass is 367 g/mol. The Balaban J connectivity index is 1.33. The van der Waals surface area contributed by atoms with Gasteiger partial charge in [-0.1, -0.05) is 31.2 Å². The van der Waals surface area contributed by atoms with Crippen molar-refractivity contribution in [2.45, 2.75) is 45.8 Å². The lowest BCUT2D eigenvalue weighted by Gasteiger charge is -2.30. The van der Waals surface area contributed by atoms with Crippen LogP contribution >= 0.6 is 0 Å². The highest BCUT2D eigenvalue weighted by atomic mass is 16.5. The molecule has 1 saturated heterocycles. The van der Waals surface area contributed by atoms with Crippen LogP contribution in [0.15, 0.2) is 48.8 Å². The highest BCUT2D eigenvalue weighted by Gasteiger charge is 2.14. The first-order valence-electron chi connectivity index (χ1n) is 10.3. The number of hydrogen-bond acceptors (Lipinski definition) is 4. The molecule has 0 atom stereocenters. The molecule has 0 spiro atoms. The minimum absolute atomic E-state index is 0.555. The number of aromatic nitrogens is 1. The lowest BCUT2D eigenvalue weighted by Crippen LogP contribution is -2.33. The van der Waals surface area contributed by atoms with Crippen molar-refractivity contribution >= 4 is 0 Å². The van der Waals surface area contributed by atoms with Crippen molar-refractivity contribution in [3.63, 3.8) is 0 Å². The van der Waals surface area contributed by atoms with Crippen LogP contribution in [0.4, 0.5) is 0 Å². The van der Waals surface area contributed by atoms with Gasteiger partial charge >= 0.3 is 0 Å². The maximum Gasteiger partial charge on any atom is 0.124 e. The minimum atomic E-state index is 0.555. The molecule has 0 radical (unpaired) electrons. The predicted octanol–water partition coefficient (Wildman–Crippen LogP) is 4.26. The van der Waals surface area contributed by atoms with Crippen LogP contribution in [-0.4, -0.2) is 36.1 Å². The quantitative estimate of drug-likeness (QED) is 0.637. The van der Waals surface area contributed by atoms with Crippen LogP contribution in [-0.2, 0) is 13.2 Å². The predicted molar refractivity (Wildman–Crippen MR) is 111 cm³/mol. The van der Waals surface area contributed by atoms with Gasteiger partial charge in [0.1, 0.15) is 12.4 Å². The van der Waals surface area contributed by atoms with E-state index in [1.807, 2.05) is 30.5 Å². The Kier molecular flexibility index (Phi) is 8.12. The zero-order valence-corrected chi connectivity index (χ0v) is 16.6. The van der Waals surface area contributed by atoms with E-state index < -0.39 is 0 Å². The van der Waals surface area contributed by atoms with Crippen LogP contribution in [0.2, 0.25) is 0 Å². The molecule has 1 aromatic carbocycles. The summed E-state index contributed by atoms with van der Waals surface area (Å²) in [5.41, 5.74) is 2.30. The minimum Gasteiger partial charge on any atom is -0.489 e. The maximum absolute atomic E-state index is 6.00. The van der Waals surface area contributed by atoms with Gasteiger partial charge in [0.05, 0.1) is 0 Å². The topological polar surface area (TPSA) is 37.4 Å². The molecule has 0 bridgehead atoms. The molecule has 1 aliphatic rings. The number of hydrogen-bond donors (Lipinski definition) is 1. The van der Waals surface area contributed by atoms with Crippen molar-refractivity contribution in [1.29, 1.82) is 0 Å². The number of likely N-dealkylation sites (tertiary alicyclic amines) is 1. The first kappa shape index (κ1) is 19.8. The molecule has 1 N–H and O–H groups in total. The standard InChI is InChI=1S/C23H33N3O/c1-20-10-15-26(16-11-20)14-5-4-12-25-18-22-8-2-3-9-23(22)27-19-21-7-6-13-24-17-21/h2-3,6-9,13,17,20,25H,4-5,10-12,14-16,18-19H2,1H3. The average Bonchev–Trinajstić information content (AvgIpc) is 2.72. The Labute approximate surface area is 164 Å². The van der Waals surface area contributed by atoms with Crippen molar-refractivity contribution in [2.75, 3.05) is 26.2 Å². The van der Waals surface area contributed by atoms with E-state index in [4.69, 9.17) is 4.74 Å². The van der Waals surface area contributed by atoms with E-state index in [-0.39, 0.29) is 0 Å². The van der Waals surface area contributed by atoms with Crippen molar-refractivity contribution in [1.82, 2.24) is 15.2 Å². The van der Waals surface area contributed by atoms with E-state index in [9.17, 15) is 0 Å². The average molecular weight is 368 g/mol. The van der Waals surface area contributed by atoms with Crippen molar-refractivity contribution in [3.8, 4) is 5.75 Å². The SMILES string of the molecule is CC1CCN(CCCCNCc2ccccc2OCc2cccnc2)CC1. The van der Waals surface area contributed by atoms with Gasteiger partial charge < -0.3 is 15.0 Å². The van der Waals surface area contributed by atoms with Gasteiger partial charge in [0.2, 0.25) is 0 Å². The summed E-state index contributed by atoms with van der Waals surface area (Å²) in [4.78, 5) is 6.77. The summed E-state index contributed by atoms with van der Waals surface area (Å²) in [6.45, 7) is 8.66. The molecule has 1 aromatic heterocycles.